The molecule has 0 aliphatic carbocycles. The second-order valence-corrected chi connectivity index (χ2v) is 5.11. The molecule has 2 aromatic rings. The molecular weight excluding hydrogens is 246 g/mol. The quantitative estimate of drug-likeness (QED) is 0.641. The van der Waals surface area contributed by atoms with Crippen molar-refractivity contribution in [2.24, 2.45) is 5.84 Å². The Morgan fingerprint density at radius 3 is 2.94 bits per heavy atom. The van der Waals surface area contributed by atoms with Crippen molar-refractivity contribution < 1.29 is 4.74 Å². The molecule has 0 radical (unpaired) electrons. The van der Waals surface area contributed by atoms with Crippen LogP contribution in [0.5, 0.6) is 5.75 Å². The number of nitrogens with one attached hydrogen (secondary N) is 1. The summed E-state index contributed by atoms with van der Waals surface area (Å²) >= 11 is 1.63. The van der Waals surface area contributed by atoms with E-state index in [1.165, 1.54) is 10.4 Å². The maximum absolute atomic E-state index is 5.67. The van der Waals surface area contributed by atoms with Crippen LogP contribution in [0.2, 0.25) is 0 Å². The van der Waals surface area contributed by atoms with E-state index in [1.807, 2.05) is 23.8 Å². The largest absolute Gasteiger partial charge is 0.496 e. The molecule has 1 aromatic carbocycles. The summed E-state index contributed by atoms with van der Waals surface area (Å²) in [5.74, 6) is 6.53. The van der Waals surface area contributed by atoms with Crippen LogP contribution in [0.4, 0.5) is 0 Å². The first-order valence-electron chi connectivity index (χ1n) is 5.72. The Hall–Kier alpha value is -1.43. The van der Waals surface area contributed by atoms with Gasteiger partial charge in [0.1, 0.15) is 5.75 Å². The van der Waals surface area contributed by atoms with Gasteiger partial charge in [0.05, 0.1) is 18.7 Å². The molecule has 0 saturated carbocycles. The SMILES string of the molecule is COc1ccc(C)cc1C(Cc1cncs1)NN. The Kier molecular flexibility index (Phi) is 4.30. The topological polar surface area (TPSA) is 60.2 Å². The van der Waals surface area contributed by atoms with Gasteiger partial charge >= 0.3 is 0 Å². The minimum atomic E-state index is 0.0281. The number of hydrogen-bond donors (Lipinski definition) is 2. The van der Waals surface area contributed by atoms with Crippen molar-refractivity contribution in [2.45, 2.75) is 19.4 Å². The molecule has 96 valence electrons. The highest BCUT2D eigenvalue weighted by atomic mass is 32.1. The molecule has 0 amide bonds. The van der Waals surface area contributed by atoms with E-state index in [1.54, 1.807) is 18.4 Å². The summed E-state index contributed by atoms with van der Waals surface area (Å²) < 4.78 is 5.39. The van der Waals surface area contributed by atoms with Gasteiger partial charge in [-0.2, -0.15) is 0 Å². The molecule has 4 nitrogen and oxygen atoms in total. The van der Waals surface area contributed by atoms with Gasteiger partial charge in [0.2, 0.25) is 0 Å². The third-order valence-corrected chi connectivity index (χ3v) is 3.65. The first-order chi connectivity index (χ1) is 8.74. The minimum absolute atomic E-state index is 0.0281. The lowest BCUT2D eigenvalue weighted by Crippen LogP contribution is -2.29. The van der Waals surface area contributed by atoms with Crippen molar-refractivity contribution in [3.05, 3.63) is 45.9 Å². The smallest absolute Gasteiger partial charge is 0.123 e. The van der Waals surface area contributed by atoms with E-state index in [0.29, 0.717) is 0 Å². The second kappa shape index (κ2) is 5.95. The molecule has 2 rings (SSSR count). The molecule has 1 unspecified atom stereocenters. The third kappa shape index (κ3) is 2.87. The molecule has 1 aromatic heterocycles. The summed E-state index contributed by atoms with van der Waals surface area (Å²) in [7, 11) is 1.68. The molecule has 0 saturated heterocycles. The first kappa shape index (κ1) is 13.0. The zero-order valence-electron chi connectivity index (χ0n) is 10.5. The molecule has 0 aliphatic rings. The van der Waals surface area contributed by atoms with E-state index < -0.39 is 0 Å². The van der Waals surface area contributed by atoms with Crippen molar-refractivity contribution in [1.82, 2.24) is 10.4 Å². The number of hydrogen-bond acceptors (Lipinski definition) is 5. The third-order valence-electron chi connectivity index (χ3n) is 2.85. The van der Waals surface area contributed by atoms with Crippen molar-refractivity contribution in [3.8, 4) is 5.75 Å². The number of methoxy groups -OCH3 is 1. The van der Waals surface area contributed by atoms with Gasteiger partial charge in [-0.25, -0.2) is 0 Å². The molecule has 1 atom stereocenters. The van der Waals surface area contributed by atoms with Crippen molar-refractivity contribution >= 4 is 11.3 Å². The summed E-state index contributed by atoms with van der Waals surface area (Å²) in [5.41, 5.74) is 6.95. The lowest BCUT2D eigenvalue weighted by Gasteiger charge is -2.19. The van der Waals surface area contributed by atoms with Gasteiger partial charge in [-0.3, -0.25) is 16.3 Å². The van der Waals surface area contributed by atoms with Gasteiger partial charge < -0.3 is 4.74 Å². The van der Waals surface area contributed by atoms with E-state index in [2.05, 4.69) is 23.4 Å². The van der Waals surface area contributed by atoms with E-state index in [4.69, 9.17) is 10.6 Å². The number of hydrazine groups is 1. The monoisotopic (exact) mass is 263 g/mol. The Balaban J connectivity index is 2.28. The summed E-state index contributed by atoms with van der Waals surface area (Å²) in [5, 5.41) is 0. The summed E-state index contributed by atoms with van der Waals surface area (Å²) in [6, 6.07) is 6.13. The average molecular weight is 263 g/mol. The normalized spacial score (nSPS) is 12.4. The van der Waals surface area contributed by atoms with E-state index in [9.17, 15) is 0 Å². The zero-order chi connectivity index (χ0) is 13.0. The molecule has 0 aliphatic heterocycles. The number of aromatic nitrogens is 1. The number of ether oxygens (including phenoxy) is 1. The van der Waals surface area contributed by atoms with Crippen LogP contribution in [-0.2, 0) is 6.42 Å². The molecule has 0 bridgehead atoms. The van der Waals surface area contributed by atoms with Gasteiger partial charge in [0.15, 0.2) is 0 Å². The molecule has 18 heavy (non-hydrogen) atoms. The lowest BCUT2D eigenvalue weighted by molar-refractivity contribution is 0.399. The number of nitrogens with two attached hydrogens (primary N) is 1. The molecule has 3 N–H and O–H groups in total. The Bertz CT molecular complexity index is 499. The van der Waals surface area contributed by atoms with Gasteiger partial charge in [-0.15, -0.1) is 11.3 Å². The fourth-order valence-electron chi connectivity index (χ4n) is 1.93. The maximum Gasteiger partial charge on any atom is 0.123 e. The molecular formula is C13H17N3OS. The van der Waals surface area contributed by atoms with Crippen LogP contribution in [0.25, 0.3) is 0 Å². The number of nitrogens with zero attached hydrogens (tertiary/aromatic N) is 1. The van der Waals surface area contributed by atoms with Crippen LogP contribution in [0.15, 0.2) is 29.9 Å². The van der Waals surface area contributed by atoms with E-state index in [0.717, 1.165) is 17.7 Å². The number of rotatable bonds is 5. The maximum atomic E-state index is 5.67. The summed E-state index contributed by atoms with van der Waals surface area (Å²) in [6.07, 6.45) is 2.68. The zero-order valence-corrected chi connectivity index (χ0v) is 11.3. The van der Waals surface area contributed by atoms with Crippen LogP contribution in [0.1, 0.15) is 22.0 Å². The van der Waals surface area contributed by atoms with E-state index in [-0.39, 0.29) is 6.04 Å². The first-order valence-corrected chi connectivity index (χ1v) is 6.60. The molecule has 0 fully saturated rings. The number of aryl methyl sites for hydroxylation is 1. The van der Waals surface area contributed by atoms with Crippen LogP contribution in [0, 0.1) is 6.92 Å². The standard InChI is InChI=1S/C13H17N3OS/c1-9-3-4-13(17-2)11(5-9)12(16-14)6-10-7-15-8-18-10/h3-5,7-8,12,16H,6,14H2,1-2H3. The van der Waals surface area contributed by atoms with E-state index >= 15 is 0 Å². The van der Waals surface area contributed by atoms with Crippen molar-refractivity contribution in [2.75, 3.05) is 7.11 Å². The highest BCUT2D eigenvalue weighted by molar-refractivity contribution is 7.09. The predicted molar refractivity (Wildman–Crippen MR) is 73.6 cm³/mol. The second-order valence-electron chi connectivity index (χ2n) is 4.14. The van der Waals surface area contributed by atoms with Crippen LogP contribution >= 0.6 is 11.3 Å². The summed E-state index contributed by atoms with van der Waals surface area (Å²) in [4.78, 5) is 5.28. The number of thiazole rings is 1. The van der Waals surface area contributed by atoms with Crippen molar-refractivity contribution in [3.63, 3.8) is 0 Å². The van der Waals surface area contributed by atoms with Crippen LogP contribution in [-0.4, -0.2) is 12.1 Å². The van der Waals surface area contributed by atoms with Crippen LogP contribution in [0.3, 0.4) is 0 Å². The minimum Gasteiger partial charge on any atom is -0.496 e. The van der Waals surface area contributed by atoms with Gasteiger partial charge in [-0.1, -0.05) is 17.7 Å². The predicted octanol–water partition coefficient (Wildman–Crippen LogP) is 2.21. The van der Waals surface area contributed by atoms with Gasteiger partial charge in [0.25, 0.3) is 0 Å². The Morgan fingerprint density at radius 2 is 2.33 bits per heavy atom. The van der Waals surface area contributed by atoms with Crippen molar-refractivity contribution in [1.29, 1.82) is 0 Å². The van der Waals surface area contributed by atoms with Gasteiger partial charge in [0, 0.05) is 23.1 Å². The Morgan fingerprint density at radius 1 is 1.50 bits per heavy atom. The number of benzene rings is 1. The fourth-order valence-corrected chi connectivity index (χ4v) is 2.57. The highest BCUT2D eigenvalue weighted by Crippen LogP contribution is 2.28. The molecule has 1 heterocycles. The highest BCUT2D eigenvalue weighted by Gasteiger charge is 2.16. The summed E-state index contributed by atoms with van der Waals surface area (Å²) in [6.45, 7) is 2.06. The molecule has 5 heteroatoms. The average Bonchev–Trinajstić information content (AvgIpc) is 2.88. The Labute approximate surface area is 111 Å². The lowest BCUT2D eigenvalue weighted by atomic mass is 10.0. The fraction of sp³-hybridized carbons (Fsp3) is 0.308. The van der Waals surface area contributed by atoms with Gasteiger partial charge in [-0.05, 0) is 13.0 Å². The van der Waals surface area contributed by atoms with Crippen LogP contribution < -0.4 is 16.0 Å². The molecule has 0 spiro atoms.